The molecule has 0 aliphatic heterocycles. The van der Waals surface area contributed by atoms with Crippen LogP contribution in [0.25, 0.3) is 0 Å². The highest BCUT2D eigenvalue weighted by Crippen LogP contribution is 2.15. The molecule has 2 rings (SSSR count). The molecular weight excluding hydrogens is 382 g/mol. The number of rotatable bonds is 7. The van der Waals surface area contributed by atoms with Gasteiger partial charge in [-0.1, -0.05) is 13.8 Å². The molecule has 0 spiro atoms. The van der Waals surface area contributed by atoms with Gasteiger partial charge in [-0.2, -0.15) is 0 Å². The Labute approximate surface area is 164 Å². The SMILES string of the molecule is COc1ccc(C(=O)N[C@H](C(=O)Nc2ccc(S(N)(=O)=O)cc2)C(C)C)cc1. The third-order valence-corrected chi connectivity index (χ3v) is 4.97. The van der Waals surface area contributed by atoms with Gasteiger partial charge in [0.25, 0.3) is 5.91 Å². The monoisotopic (exact) mass is 405 g/mol. The van der Waals surface area contributed by atoms with Crippen LogP contribution in [0.3, 0.4) is 0 Å². The molecule has 0 radical (unpaired) electrons. The fourth-order valence-corrected chi connectivity index (χ4v) is 2.97. The highest BCUT2D eigenvalue weighted by Gasteiger charge is 2.25. The van der Waals surface area contributed by atoms with Crippen molar-refractivity contribution < 1.29 is 22.7 Å². The van der Waals surface area contributed by atoms with Crippen molar-refractivity contribution >= 4 is 27.5 Å². The van der Waals surface area contributed by atoms with Crippen LogP contribution in [0.1, 0.15) is 24.2 Å². The van der Waals surface area contributed by atoms with Crippen molar-refractivity contribution in [2.24, 2.45) is 11.1 Å². The summed E-state index contributed by atoms with van der Waals surface area (Å²) in [6, 6.07) is 11.2. The number of benzene rings is 2. The number of carbonyl (C=O) groups excluding carboxylic acids is 2. The molecule has 0 bridgehead atoms. The van der Waals surface area contributed by atoms with Crippen LogP contribution in [0, 0.1) is 5.92 Å². The topological polar surface area (TPSA) is 128 Å². The predicted molar refractivity (Wildman–Crippen MR) is 106 cm³/mol. The lowest BCUT2D eigenvalue weighted by molar-refractivity contribution is -0.118. The maximum Gasteiger partial charge on any atom is 0.251 e. The van der Waals surface area contributed by atoms with E-state index >= 15 is 0 Å². The number of hydrogen-bond acceptors (Lipinski definition) is 5. The summed E-state index contributed by atoms with van der Waals surface area (Å²) >= 11 is 0. The highest BCUT2D eigenvalue weighted by atomic mass is 32.2. The average Bonchev–Trinajstić information content (AvgIpc) is 2.65. The Morgan fingerprint density at radius 1 is 1.00 bits per heavy atom. The third-order valence-electron chi connectivity index (χ3n) is 4.04. The van der Waals surface area contributed by atoms with Gasteiger partial charge in [-0.25, -0.2) is 13.6 Å². The summed E-state index contributed by atoms with van der Waals surface area (Å²) in [4.78, 5) is 25.0. The first-order chi connectivity index (χ1) is 13.1. The number of amides is 2. The standard InChI is InChI=1S/C19H23N3O5S/c1-12(2)17(22-18(23)13-4-8-15(27-3)9-5-13)19(24)21-14-6-10-16(11-7-14)28(20,25)26/h4-12,17H,1-3H3,(H,21,24)(H,22,23)(H2,20,25,26)/t17-/m0/s1. The zero-order valence-corrected chi connectivity index (χ0v) is 16.6. The lowest BCUT2D eigenvalue weighted by Gasteiger charge is -2.22. The zero-order chi connectivity index (χ0) is 20.9. The van der Waals surface area contributed by atoms with Crippen molar-refractivity contribution in [3.8, 4) is 5.75 Å². The fourth-order valence-electron chi connectivity index (χ4n) is 2.45. The zero-order valence-electron chi connectivity index (χ0n) is 15.8. The van der Waals surface area contributed by atoms with E-state index in [-0.39, 0.29) is 16.7 Å². The first kappa shape index (κ1) is 21.4. The Bertz CT molecular complexity index is 939. The molecule has 150 valence electrons. The van der Waals surface area contributed by atoms with E-state index in [0.29, 0.717) is 17.0 Å². The van der Waals surface area contributed by atoms with Crippen LogP contribution >= 0.6 is 0 Å². The van der Waals surface area contributed by atoms with E-state index in [0.717, 1.165) is 0 Å². The number of anilines is 1. The minimum absolute atomic E-state index is 0.0567. The molecule has 2 aromatic carbocycles. The molecule has 8 nitrogen and oxygen atoms in total. The largest absolute Gasteiger partial charge is 0.497 e. The van der Waals surface area contributed by atoms with Gasteiger partial charge in [-0.15, -0.1) is 0 Å². The number of carbonyl (C=O) groups is 2. The molecule has 9 heteroatoms. The summed E-state index contributed by atoms with van der Waals surface area (Å²) in [5, 5.41) is 10.4. The van der Waals surface area contributed by atoms with Crippen LogP contribution in [0.15, 0.2) is 53.4 Å². The lowest BCUT2D eigenvalue weighted by atomic mass is 10.0. The van der Waals surface area contributed by atoms with Gasteiger partial charge < -0.3 is 15.4 Å². The Kier molecular flexibility index (Phi) is 6.76. The lowest BCUT2D eigenvalue weighted by Crippen LogP contribution is -2.47. The van der Waals surface area contributed by atoms with Crippen LogP contribution < -0.4 is 20.5 Å². The van der Waals surface area contributed by atoms with Crippen molar-refractivity contribution in [2.75, 3.05) is 12.4 Å². The van der Waals surface area contributed by atoms with Gasteiger partial charge in [-0.05, 0) is 54.4 Å². The van der Waals surface area contributed by atoms with E-state index in [1.807, 2.05) is 13.8 Å². The summed E-state index contributed by atoms with van der Waals surface area (Å²) in [6.07, 6.45) is 0. The quantitative estimate of drug-likeness (QED) is 0.646. The molecule has 0 heterocycles. The minimum atomic E-state index is -3.81. The third kappa shape index (κ3) is 5.54. The highest BCUT2D eigenvalue weighted by molar-refractivity contribution is 7.89. The van der Waals surface area contributed by atoms with Gasteiger partial charge >= 0.3 is 0 Å². The molecule has 1 atom stereocenters. The first-order valence-electron chi connectivity index (χ1n) is 8.50. The van der Waals surface area contributed by atoms with Gasteiger partial charge in [0, 0.05) is 11.3 Å². The first-order valence-corrected chi connectivity index (χ1v) is 10.0. The van der Waals surface area contributed by atoms with E-state index in [9.17, 15) is 18.0 Å². The number of ether oxygens (including phenoxy) is 1. The molecule has 0 unspecified atom stereocenters. The van der Waals surface area contributed by atoms with Gasteiger partial charge in [0.05, 0.1) is 12.0 Å². The number of nitrogens with one attached hydrogen (secondary N) is 2. The van der Waals surface area contributed by atoms with Crippen LogP contribution in [-0.4, -0.2) is 33.4 Å². The molecule has 28 heavy (non-hydrogen) atoms. The molecule has 2 amide bonds. The van der Waals surface area contributed by atoms with Crippen LogP contribution in [0.5, 0.6) is 5.75 Å². The second-order valence-corrected chi connectivity index (χ2v) is 8.04. The second kappa shape index (κ2) is 8.85. The Hall–Kier alpha value is -2.91. The van der Waals surface area contributed by atoms with E-state index in [4.69, 9.17) is 9.88 Å². The van der Waals surface area contributed by atoms with E-state index < -0.39 is 22.0 Å². The predicted octanol–water partition coefficient (Wildman–Crippen LogP) is 1.74. The molecule has 4 N–H and O–H groups in total. The van der Waals surface area contributed by atoms with Crippen molar-refractivity contribution in [3.05, 3.63) is 54.1 Å². The normalized spacial score (nSPS) is 12.3. The maximum atomic E-state index is 12.6. The summed E-state index contributed by atoms with van der Waals surface area (Å²) in [6.45, 7) is 3.62. The molecule has 0 aliphatic rings. The Morgan fingerprint density at radius 3 is 2.04 bits per heavy atom. The van der Waals surface area contributed by atoms with Crippen molar-refractivity contribution in [2.45, 2.75) is 24.8 Å². The van der Waals surface area contributed by atoms with Gasteiger partial charge in [0.15, 0.2) is 0 Å². The second-order valence-electron chi connectivity index (χ2n) is 6.48. The molecule has 0 fully saturated rings. The van der Waals surface area contributed by atoms with Crippen molar-refractivity contribution in [1.29, 1.82) is 0 Å². The van der Waals surface area contributed by atoms with Crippen molar-refractivity contribution in [3.63, 3.8) is 0 Å². The van der Waals surface area contributed by atoms with E-state index in [1.54, 1.807) is 24.3 Å². The van der Waals surface area contributed by atoms with Crippen LogP contribution in [-0.2, 0) is 14.8 Å². The van der Waals surface area contributed by atoms with Crippen LogP contribution in [0.4, 0.5) is 5.69 Å². The summed E-state index contributed by atoms with van der Waals surface area (Å²) in [5.74, 6) is -0.357. The number of methoxy groups -OCH3 is 1. The Balaban J connectivity index is 2.09. The van der Waals surface area contributed by atoms with Gasteiger partial charge in [0.1, 0.15) is 11.8 Å². The van der Waals surface area contributed by atoms with Gasteiger partial charge in [-0.3, -0.25) is 9.59 Å². The molecule has 0 aliphatic carbocycles. The van der Waals surface area contributed by atoms with Gasteiger partial charge in [0.2, 0.25) is 15.9 Å². The minimum Gasteiger partial charge on any atom is -0.497 e. The summed E-state index contributed by atoms with van der Waals surface area (Å²) in [7, 11) is -2.28. The number of primary sulfonamides is 1. The van der Waals surface area contributed by atoms with Crippen molar-refractivity contribution in [1.82, 2.24) is 5.32 Å². The molecule has 0 saturated carbocycles. The molecular formula is C19H23N3O5S. The van der Waals surface area contributed by atoms with E-state index in [1.165, 1.54) is 31.4 Å². The maximum absolute atomic E-state index is 12.6. The number of nitrogens with two attached hydrogens (primary N) is 1. The number of sulfonamides is 1. The van der Waals surface area contributed by atoms with Crippen LogP contribution in [0.2, 0.25) is 0 Å². The molecule has 2 aromatic rings. The Morgan fingerprint density at radius 2 is 1.57 bits per heavy atom. The molecule has 0 aromatic heterocycles. The smallest absolute Gasteiger partial charge is 0.251 e. The molecule has 0 saturated heterocycles. The average molecular weight is 405 g/mol. The summed E-state index contributed by atoms with van der Waals surface area (Å²) < 4.78 is 27.7. The van der Waals surface area contributed by atoms with E-state index in [2.05, 4.69) is 10.6 Å². The number of hydrogen-bond donors (Lipinski definition) is 3. The fraction of sp³-hybridized carbons (Fsp3) is 0.263. The summed E-state index contributed by atoms with van der Waals surface area (Å²) in [5.41, 5.74) is 0.790.